The van der Waals surface area contributed by atoms with Crippen LogP contribution in [0.15, 0.2) is 35.9 Å². The highest BCUT2D eigenvalue weighted by Gasteiger charge is 2.05. The number of aromatic nitrogens is 4. The van der Waals surface area contributed by atoms with Gasteiger partial charge in [0.2, 0.25) is 0 Å². The summed E-state index contributed by atoms with van der Waals surface area (Å²) in [5.41, 5.74) is 9.57. The Bertz CT molecular complexity index is 685. The summed E-state index contributed by atoms with van der Waals surface area (Å²) in [6.45, 7) is 0. The number of fused-ring (bicyclic) bond motifs is 1. The molecule has 0 fully saturated rings. The quantitative estimate of drug-likeness (QED) is 0.558. The molecular formula is C12H13N5S. The second-order valence-corrected chi connectivity index (χ2v) is 5.07. The molecule has 18 heavy (non-hydrogen) atoms. The van der Waals surface area contributed by atoms with Crippen LogP contribution in [0, 0.1) is 0 Å². The molecule has 3 aromatic rings. The number of nitrogens with two attached hydrogens (primary N) is 1. The molecule has 2 aromatic heterocycles. The molecule has 0 spiro atoms. The molecule has 3 rings (SSSR count). The third-order valence-corrected chi connectivity index (χ3v) is 3.66. The smallest absolute Gasteiger partial charge is 0.166 e. The molecule has 0 radical (unpaired) electrons. The van der Waals surface area contributed by atoms with E-state index < -0.39 is 0 Å². The van der Waals surface area contributed by atoms with Crippen LogP contribution in [0.3, 0.4) is 0 Å². The summed E-state index contributed by atoms with van der Waals surface area (Å²) in [6.07, 6.45) is 3.67. The summed E-state index contributed by atoms with van der Waals surface area (Å²) in [5, 5.41) is 0.900. The molecule has 0 aliphatic carbocycles. The molecule has 0 amide bonds. The van der Waals surface area contributed by atoms with E-state index in [1.54, 1.807) is 18.1 Å². The molecular weight excluding hydrogens is 246 g/mol. The number of anilines is 1. The van der Waals surface area contributed by atoms with Crippen molar-refractivity contribution in [1.29, 1.82) is 0 Å². The van der Waals surface area contributed by atoms with Gasteiger partial charge < -0.3 is 15.3 Å². The van der Waals surface area contributed by atoms with Gasteiger partial charge in [0.05, 0.1) is 17.4 Å². The molecule has 5 nitrogen and oxygen atoms in total. The Morgan fingerprint density at radius 3 is 3.11 bits per heavy atom. The molecule has 0 bridgehead atoms. The standard InChI is InChI=1S/C12H13N5S/c1-17-7-14-5-9(17)6-18-12-15-10-3-2-8(13)4-11(10)16-12/h2-5,7H,6,13H2,1H3,(H,15,16). The minimum atomic E-state index is 0.745. The minimum Gasteiger partial charge on any atom is -0.399 e. The van der Waals surface area contributed by atoms with Crippen LogP contribution in [-0.2, 0) is 12.8 Å². The van der Waals surface area contributed by atoms with Gasteiger partial charge in [0.25, 0.3) is 0 Å². The zero-order valence-electron chi connectivity index (χ0n) is 9.92. The molecule has 0 saturated heterocycles. The third-order valence-electron chi connectivity index (χ3n) is 2.76. The lowest BCUT2D eigenvalue weighted by molar-refractivity contribution is 0.866. The van der Waals surface area contributed by atoms with E-state index in [4.69, 9.17) is 5.73 Å². The topological polar surface area (TPSA) is 72.5 Å². The Morgan fingerprint density at radius 2 is 2.33 bits per heavy atom. The van der Waals surface area contributed by atoms with E-state index in [0.29, 0.717) is 0 Å². The molecule has 0 aliphatic heterocycles. The molecule has 3 N–H and O–H groups in total. The van der Waals surface area contributed by atoms with E-state index in [-0.39, 0.29) is 0 Å². The van der Waals surface area contributed by atoms with E-state index in [9.17, 15) is 0 Å². The molecule has 1 aromatic carbocycles. The molecule has 6 heteroatoms. The van der Waals surface area contributed by atoms with E-state index in [0.717, 1.165) is 27.6 Å². The largest absolute Gasteiger partial charge is 0.399 e. The van der Waals surface area contributed by atoms with Crippen LogP contribution in [-0.4, -0.2) is 19.5 Å². The zero-order chi connectivity index (χ0) is 12.5. The first-order valence-corrected chi connectivity index (χ1v) is 6.54. The number of nitrogens with one attached hydrogen (secondary N) is 1. The zero-order valence-corrected chi connectivity index (χ0v) is 10.7. The Morgan fingerprint density at radius 1 is 1.44 bits per heavy atom. The highest BCUT2D eigenvalue weighted by Crippen LogP contribution is 2.23. The van der Waals surface area contributed by atoms with Crippen molar-refractivity contribution >= 4 is 28.5 Å². The van der Waals surface area contributed by atoms with Crippen LogP contribution in [0.1, 0.15) is 5.69 Å². The molecule has 0 unspecified atom stereocenters. The maximum atomic E-state index is 5.74. The molecule has 92 valence electrons. The fourth-order valence-electron chi connectivity index (χ4n) is 1.74. The normalized spacial score (nSPS) is 11.2. The van der Waals surface area contributed by atoms with Crippen LogP contribution >= 0.6 is 11.8 Å². The Balaban J connectivity index is 1.81. The number of imidazole rings is 2. The lowest BCUT2D eigenvalue weighted by atomic mass is 10.3. The predicted octanol–water partition coefficient (Wildman–Crippen LogP) is 2.17. The molecule has 0 atom stereocenters. The lowest BCUT2D eigenvalue weighted by Crippen LogP contribution is -1.92. The molecule has 2 heterocycles. The number of rotatable bonds is 3. The number of H-pyrrole nitrogens is 1. The van der Waals surface area contributed by atoms with Crippen molar-refractivity contribution in [2.45, 2.75) is 10.9 Å². The highest BCUT2D eigenvalue weighted by molar-refractivity contribution is 7.98. The van der Waals surface area contributed by atoms with Gasteiger partial charge in [-0.2, -0.15) is 0 Å². The average molecular weight is 259 g/mol. The second kappa shape index (κ2) is 4.38. The van der Waals surface area contributed by atoms with Gasteiger partial charge in [-0.3, -0.25) is 0 Å². The van der Waals surface area contributed by atoms with Gasteiger partial charge in [-0.1, -0.05) is 11.8 Å². The van der Waals surface area contributed by atoms with Gasteiger partial charge in [-0.15, -0.1) is 0 Å². The van der Waals surface area contributed by atoms with Crippen LogP contribution < -0.4 is 5.73 Å². The predicted molar refractivity (Wildman–Crippen MR) is 73.3 cm³/mol. The average Bonchev–Trinajstić information content (AvgIpc) is 2.92. The van der Waals surface area contributed by atoms with Crippen molar-refractivity contribution in [3.63, 3.8) is 0 Å². The van der Waals surface area contributed by atoms with Gasteiger partial charge >= 0.3 is 0 Å². The Kier molecular flexibility index (Phi) is 2.71. The summed E-state index contributed by atoms with van der Waals surface area (Å²) in [6, 6.07) is 5.69. The van der Waals surface area contributed by atoms with E-state index >= 15 is 0 Å². The van der Waals surface area contributed by atoms with Crippen molar-refractivity contribution < 1.29 is 0 Å². The maximum absolute atomic E-state index is 5.74. The van der Waals surface area contributed by atoms with Crippen molar-refractivity contribution in [3.8, 4) is 0 Å². The number of thioether (sulfide) groups is 1. The molecule has 0 aliphatic rings. The van der Waals surface area contributed by atoms with E-state index in [1.165, 1.54) is 5.69 Å². The van der Waals surface area contributed by atoms with Gasteiger partial charge in [-0.25, -0.2) is 9.97 Å². The van der Waals surface area contributed by atoms with E-state index in [2.05, 4.69) is 15.0 Å². The SMILES string of the molecule is Cn1cncc1CSc1nc2ccc(N)cc2[nH]1. The fraction of sp³-hybridized carbons (Fsp3) is 0.167. The number of aromatic amines is 1. The number of aryl methyl sites for hydroxylation is 1. The van der Waals surface area contributed by atoms with Gasteiger partial charge in [0, 0.05) is 30.4 Å². The number of hydrogen-bond donors (Lipinski definition) is 2. The number of nitrogens with zero attached hydrogens (tertiary/aromatic N) is 3. The monoisotopic (exact) mass is 259 g/mol. The first-order valence-electron chi connectivity index (χ1n) is 5.55. The summed E-state index contributed by atoms with van der Waals surface area (Å²) >= 11 is 1.66. The van der Waals surface area contributed by atoms with Gasteiger partial charge in [0.1, 0.15) is 0 Å². The first-order chi connectivity index (χ1) is 8.72. The van der Waals surface area contributed by atoms with Crippen molar-refractivity contribution in [1.82, 2.24) is 19.5 Å². The van der Waals surface area contributed by atoms with Crippen LogP contribution in [0.25, 0.3) is 11.0 Å². The first kappa shape index (κ1) is 11.2. The summed E-state index contributed by atoms with van der Waals surface area (Å²) in [7, 11) is 1.99. The number of benzene rings is 1. The summed E-state index contributed by atoms with van der Waals surface area (Å²) in [4.78, 5) is 11.9. The minimum absolute atomic E-state index is 0.745. The second-order valence-electron chi connectivity index (χ2n) is 4.10. The summed E-state index contributed by atoms with van der Waals surface area (Å²) < 4.78 is 2.01. The van der Waals surface area contributed by atoms with Crippen molar-refractivity contribution in [2.75, 3.05) is 5.73 Å². The van der Waals surface area contributed by atoms with Gasteiger partial charge in [-0.05, 0) is 18.2 Å². The van der Waals surface area contributed by atoms with Crippen LogP contribution in [0.2, 0.25) is 0 Å². The van der Waals surface area contributed by atoms with Crippen LogP contribution in [0.4, 0.5) is 5.69 Å². The number of nitrogen functional groups attached to an aromatic ring is 1. The highest BCUT2D eigenvalue weighted by atomic mass is 32.2. The number of hydrogen-bond acceptors (Lipinski definition) is 4. The third kappa shape index (κ3) is 2.06. The Hall–Kier alpha value is -1.95. The Labute approximate surface area is 108 Å². The summed E-state index contributed by atoms with van der Waals surface area (Å²) in [5.74, 6) is 0.839. The van der Waals surface area contributed by atoms with Crippen molar-refractivity contribution in [3.05, 3.63) is 36.4 Å². The fourth-order valence-corrected chi connectivity index (χ4v) is 2.65. The van der Waals surface area contributed by atoms with Crippen molar-refractivity contribution in [2.24, 2.45) is 7.05 Å². The lowest BCUT2D eigenvalue weighted by Gasteiger charge is -1.99. The molecule has 0 saturated carbocycles. The maximum Gasteiger partial charge on any atom is 0.166 e. The van der Waals surface area contributed by atoms with Gasteiger partial charge in [0.15, 0.2) is 5.16 Å². The van der Waals surface area contributed by atoms with Crippen LogP contribution in [0.5, 0.6) is 0 Å². The van der Waals surface area contributed by atoms with E-state index in [1.807, 2.05) is 36.0 Å².